The van der Waals surface area contributed by atoms with E-state index in [4.69, 9.17) is 15.2 Å². The van der Waals surface area contributed by atoms with Crippen LogP contribution in [-0.2, 0) is 12.8 Å². The molecule has 0 aromatic heterocycles. The Kier molecular flexibility index (Phi) is 3.03. The van der Waals surface area contributed by atoms with Gasteiger partial charge >= 0.3 is 0 Å². The Labute approximate surface area is 95.0 Å². The van der Waals surface area contributed by atoms with Crippen molar-refractivity contribution in [3.63, 3.8) is 0 Å². The summed E-state index contributed by atoms with van der Waals surface area (Å²) in [6, 6.07) is 3.68. The summed E-state index contributed by atoms with van der Waals surface area (Å²) in [5.74, 6) is 1.41. The molecule has 1 aliphatic carbocycles. The van der Waals surface area contributed by atoms with E-state index < -0.39 is 6.10 Å². The zero-order chi connectivity index (χ0) is 11.7. The lowest BCUT2D eigenvalue weighted by atomic mass is 9.86. The van der Waals surface area contributed by atoms with Gasteiger partial charge in [-0.2, -0.15) is 0 Å². The summed E-state index contributed by atoms with van der Waals surface area (Å²) in [5, 5.41) is 9.72. The summed E-state index contributed by atoms with van der Waals surface area (Å²) in [6.07, 6.45) is 0.791. The molecule has 4 nitrogen and oxygen atoms in total. The zero-order valence-electron chi connectivity index (χ0n) is 9.56. The van der Waals surface area contributed by atoms with Crippen LogP contribution >= 0.6 is 0 Å². The van der Waals surface area contributed by atoms with Gasteiger partial charge in [-0.3, -0.25) is 0 Å². The van der Waals surface area contributed by atoms with Crippen LogP contribution in [0.4, 0.5) is 0 Å². The first-order valence-corrected chi connectivity index (χ1v) is 5.33. The number of aliphatic hydroxyl groups is 1. The molecule has 0 fully saturated rings. The molecule has 0 saturated carbocycles. The number of benzene rings is 1. The van der Waals surface area contributed by atoms with E-state index in [2.05, 4.69) is 0 Å². The molecule has 2 atom stereocenters. The minimum Gasteiger partial charge on any atom is -0.493 e. The highest BCUT2D eigenvalue weighted by Gasteiger charge is 2.25. The topological polar surface area (TPSA) is 64.7 Å². The van der Waals surface area contributed by atoms with Gasteiger partial charge in [0.1, 0.15) is 0 Å². The third kappa shape index (κ3) is 1.86. The SMILES string of the molecule is COc1cc2c(cc1OC)C[C@H](O)[C@@H](N)C2. The van der Waals surface area contributed by atoms with E-state index in [1.165, 1.54) is 0 Å². The average Bonchev–Trinajstić information content (AvgIpc) is 2.29. The normalized spacial score (nSPS) is 23.8. The molecular formula is C12H17NO3. The lowest BCUT2D eigenvalue weighted by Crippen LogP contribution is -2.41. The summed E-state index contributed by atoms with van der Waals surface area (Å²) in [5.41, 5.74) is 8.06. The number of methoxy groups -OCH3 is 2. The van der Waals surface area contributed by atoms with Crippen LogP contribution in [0.25, 0.3) is 0 Å². The lowest BCUT2D eigenvalue weighted by Gasteiger charge is -2.27. The van der Waals surface area contributed by atoms with Gasteiger partial charge in [-0.05, 0) is 29.7 Å². The fourth-order valence-corrected chi connectivity index (χ4v) is 2.11. The molecule has 0 saturated heterocycles. The Morgan fingerprint density at radius 1 is 1.12 bits per heavy atom. The van der Waals surface area contributed by atoms with Crippen LogP contribution in [0, 0.1) is 0 Å². The minimum atomic E-state index is -0.467. The van der Waals surface area contributed by atoms with E-state index in [0.717, 1.165) is 11.1 Å². The van der Waals surface area contributed by atoms with E-state index in [1.54, 1.807) is 14.2 Å². The fraction of sp³-hybridized carbons (Fsp3) is 0.500. The van der Waals surface area contributed by atoms with Gasteiger partial charge in [0.2, 0.25) is 0 Å². The molecule has 0 aliphatic heterocycles. The number of fused-ring (bicyclic) bond motifs is 1. The first kappa shape index (κ1) is 11.2. The maximum atomic E-state index is 9.72. The summed E-state index contributed by atoms with van der Waals surface area (Å²) in [6.45, 7) is 0. The Bertz CT molecular complexity index is 355. The molecule has 16 heavy (non-hydrogen) atoms. The van der Waals surface area contributed by atoms with Crippen molar-refractivity contribution < 1.29 is 14.6 Å². The molecule has 0 spiro atoms. The van der Waals surface area contributed by atoms with Crippen LogP contribution in [0.2, 0.25) is 0 Å². The van der Waals surface area contributed by atoms with Gasteiger partial charge in [0.15, 0.2) is 11.5 Å². The molecule has 88 valence electrons. The summed E-state index contributed by atoms with van der Waals surface area (Å²) >= 11 is 0. The summed E-state index contributed by atoms with van der Waals surface area (Å²) < 4.78 is 10.5. The third-order valence-corrected chi connectivity index (χ3v) is 3.08. The van der Waals surface area contributed by atoms with Gasteiger partial charge in [0.05, 0.1) is 20.3 Å². The van der Waals surface area contributed by atoms with Crippen molar-refractivity contribution >= 4 is 0 Å². The molecule has 0 radical (unpaired) electrons. The van der Waals surface area contributed by atoms with Crippen molar-refractivity contribution in [2.24, 2.45) is 5.73 Å². The van der Waals surface area contributed by atoms with E-state index in [1.807, 2.05) is 12.1 Å². The van der Waals surface area contributed by atoms with Crippen LogP contribution in [-0.4, -0.2) is 31.5 Å². The number of rotatable bonds is 2. The summed E-state index contributed by atoms with van der Waals surface area (Å²) in [4.78, 5) is 0. The number of nitrogens with two attached hydrogens (primary N) is 1. The van der Waals surface area contributed by atoms with Crippen molar-refractivity contribution in [2.75, 3.05) is 14.2 Å². The standard InChI is InChI=1S/C12H17NO3/c1-15-11-5-7-3-9(13)10(14)4-8(7)6-12(11)16-2/h5-6,9-10,14H,3-4,13H2,1-2H3/t9-,10-/m0/s1. The first-order valence-electron chi connectivity index (χ1n) is 5.33. The van der Waals surface area contributed by atoms with Crippen LogP contribution in [0.15, 0.2) is 12.1 Å². The molecule has 3 N–H and O–H groups in total. The van der Waals surface area contributed by atoms with Gasteiger partial charge in [-0.15, -0.1) is 0 Å². The number of ether oxygens (including phenoxy) is 2. The van der Waals surface area contributed by atoms with Crippen molar-refractivity contribution in [3.8, 4) is 11.5 Å². The van der Waals surface area contributed by atoms with Crippen molar-refractivity contribution in [2.45, 2.75) is 25.0 Å². The molecule has 1 aliphatic rings. The van der Waals surface area contributed by atoms with E-state index in [9.17, 15) is 5.11 Å². The van der Waals surface area contributed by atoms with Gasteiger partial charge in [0, 0.05) is 12.5 Å². The van der Waals surface area contributed by atoms with Gasteiger partial charge in [0.25, 0.3) is 0 Å². The van der Waals surface area contributed by atoms with Crippen LogP contribution < -0.4 is 15.2 Å². The van der Waals surface area contributed by atoms with Crippen molar-refractivity contribution in [3.05, 3.63) is 23.3 Å². The number of aliphatic hydroxyl groups excluding tert-OH is 1. The molecule has 0 bridgehead atoms. The van der Waals surface area contributed by atoms with Gasteiger partial charge in [-0.25, -0.2) is 0 Å². The van der Waals surface area contributed by atoms with Crippen LogP contribution in [0.5, 0.6) is 11.5 Å². The lowest BCUT2D eigenvalue weighted by molar-refractivity contribution is 0.137. The predicted molar refractivity (Wildman–Crippen MR) is 60.9 cm³/mol. The highest BCUT2D eigenvalue weighted by Crippen LogP contribution is 2.33. The monoisotopic (exact) mass is 223 g/mol. The van der Waals surface area contributed by atoms with E-state index in [-0.39, 0.29) is 6.04 Å². The molecule has 0 unspecified atom stereocenters. The Morgan fingerprint density at radius 2 is 1.62 bits per heavy atom. The Balaban J connectivity index is 2.41. The Hall–Kier alpha value is -1.26. The molecule has 4 heteroatoms. The maximum Gasteiger partial charge on any atom is 0.161 e. The first-order chi connectivity index (χ1) is 7.65. The quantitative estimate of drug-likeness (QED) is 0.766. The third-order valence-electron chi connectivity index (χ3n) is 3.08. The smallest absolute Gasteiger partial charge is 0.161 e. The molecule has 1 aromatic rings. The van der Waals surface area contributed by atoms with Crippen molar-refractivity contribution in [1.29, 1.82) is 0 Å². The average molecular weight is 223 g/mol. The second-order valence-electron chi connectivity index (χ2n) is 4.12. The minimum absolute atomic E-state index is 0.189. The largest absolute Gasteiger partial charge is 0.493 e. The van der Waals surface area contributed by atoms with Gasteiger partial charge < -0.3 is 20.3 Å². The molecule has 0 amide bonds. The highest BCUT2D eigenvalue weighted by atomic mass is 16.5. The molecular weight excluding hydrogens is 206 g/mol. The number of hydrogen-bond donors (Lipinski definition) is 2. The van der Waals surface area contributed by atoms with E-state index in [0.29, 0.717) is 24.3 Å². The van der Waals surface area contributed by atoms with Gasteiger partial charge in [-0.1, -0.05) is 0 Å². The number of hydrogen-bond acceptors (Lipinski definition) is 4. The zero-order valence-corrected chi connectivity index (χ0v) is 9.56. The van der Waals surface area contributed by atoms with Crippen molar-refractivity contribution in [1.82, 2.24) is 0 Å². The predicted octanol–water partition coefficient (Wildman–Crippen LogP) is 0.491. The highest BCUT2D eigenvalue weighted by molar-refractivity contribution is 5.48. The van der Waals surface area contributed by atoms with Crippen LogP contribution in [0.1, 0.15) is 11.1 Å². The molecule has 1 aromatic carbocycles. The maximum absolute atomic E-state index is 9.72. The van der Waals surface area contributed by atoms with E-state index >= 15 is 0 Å². The summed E-state index contributed by atoms with van der Waals surface area (Å²) in [7, 11) is 3.22. The van der Waals surface area contributed by atoms with Crippen LogP contribution in [0.3, 0.4) is 0 Å². The molecule has 2 rings (SSSR count). The second-order valence-corrected chi connectivity index (χ2v) is 4.12. The molecule has 0 heterocycles. The fourth-order valence-electron chi connectivity index (χ4n) is 2.11. The Morgan fingerprint density at radius 3 is 2.12 bits per heavy atom. The second kappa shape index (κ2) is 4.31.